The smallest absolute Gasteiger partial charge is 0.328 e. The average molecular weight is 515 g/mol. The Balaban J connectivity index is 1.17. The van der Waals surface area contributed by atoms with E-state index in [1.54, 1.807) is 0 Å². The first kappa shape index (κ1) is 23.7. The Kier molecular flexibility index (Phi) is 5.36. The molecule has 8 heteroatoms. The van der Waals surface area contributed by atoms with E-state index < -0.39 is 18.3 Å². The van der Waals surface area contributed by atoms with Crippen molar-refractivity contribution in [2.75, 3.05) is 0 Å². The highest BCUT2D eigenvalue weighted by Crippen LogP contribution is 2.61. The van der Waals surface area contributed by atoms with E-state index in [1.807, 2.05) is 54.2 Å². The van der Waals surface area contributed by atoms with Crippen molar-refractivity contribution in [1.82, 2.24) is 19.5 Å². The highest BCUT2D eigenvalue weighted by Gasteiger charge is 2.57. The Morgan fingerprint density at radius 1 is 1.08 bits per heavy atom. The van der Waals surface area contributed by atoms with Crippen LogP contribution in [0.4, 0.5) is 4.39 Å². The second-order valence-corrected chi connectivity index (χ2v) is 11.6. The van der Waals surface area contributed by atoms with Gasteiger partial charge in [-0.15, -0.1) is 4.98 Å². The normalized spacial score (nSPS) is 30.1. The van der Waals surface area contributed by atoms with Gasteiger partial charge in [-0.05, 0) is 78.5 Å². The van der Waals surface area contributed by atoms with Gasteiger partial charge in [0.2, 0.25) is 0 Å². The fraction of sp³-hybridized carbons (Fsp3) is 0.433. The molecule has 7 nitrogen and oxygen atoms in total. The van der Waals surface area contributed by atoms with Gasteiger partial charge in [0, 0.05) is 24.0 Å². The Morgan fingerprint density at radius 2 is 1.92 bits per heavy atom. The molecule has 2 aromatic carbocycles. The predicted molar refractivity (Wildman–Crippen MR) is 140 cm³/mol. The standard InChI is InChI=1S/C30H31FN4O3/c1-30-12-11-21-19-10-8-18(13-16(19)7-9-22(21)23(30)14-24(36)26(30)37)38-29-33-27(32-28(31)34-29)25-20-6-4-3-5-17(20)15-35(25)2/h3-6,8,10,13,15,21-24,26,36-37H,7,9,11-12,14H2,1-2H3. The zero-order valence-electron chi connectivity index (χ0n) is 21.5. The molecule has 2 aromatic heterocycles. The summed E-state index contributed by atoms with van der Waals surface area (Å²) < 4.78 is 22.4. The van der Waals surface area contributed by atoms with Crippen LogP contribution in [0.5, 0.6) is 11.8 Å². The average Bonchev–Trinajstić information content (AvgIpc) is 3.35. The van der Waals surface area contributed by atoms with E-state index in [-0.39, 0.29) is 17.2 Å². The summed E-state index contributed by atoms with van der Waals surface area (Å²) in [5.41, 5.74) is 3.05. The molecule has 196 valence electrons. The molecule has 4 aromatic rings. The van der Waals surface area contributed by atoms with Gasteiger partial charge in [0.25, 0.3) is 0 Å². The number of aliphatic hydroxyl groups excluding tert-OH is 2. The van der Waals surface area contributed by atoms with Crippen LogP contribution in [0.3, 0.4) is 0 Å². The summed E-state index contributed by atoms with van der Waals surface area (Å²) in [7, 11) is 1.88. The molecule has 6 unspecified atom stereocenters. The lowest BCUT2D eigenvalue weighted by Crippen LogP contribution is -2.44. The van der Waals surface area contributed by atoms with Gasteiger partial charge in [0.05, 0.1) is 17.9 Å². The molecule has 0 radical (unpaired) electrons. The SMILES string of the molecule is Cn1cc2ccccc2c1-c1nc(F)nc(Oc2ccc3c(c2)CCC2C3CCC3(C)C(O)C(O)CC23)n1. The lowest BCUT2D eigenvalue weighted by atomic mass is 9.55. The number of benzene rings is 2. The summed E-state index contributed by atoms with van der Waals surface area (Å²) in [5.74, 6) is 2.00. The lowest BCUT2D eigenvalue weighted by molar-refractivity contribution is -0.0505. The van der Waals surface area contributed by atoms with Crippen molar-refractivity contribution in [3.8, 4) is 23.3 Å². The van der Waals surface area contributed by atoms with Crippen molar-refractivity contribution >= 4 is 10.8 Å². The Morgan fingerprint density at radius 3 is 2.79 bits per heavy atom. The second kappa shape index (κ2) is 8.58. The van der Waals surface area contributed by atoms with E-state index >= 15 is 0 Å². The first-order valence-corrected chi connectivity index (χ1v) is 13.4. The second-order valence-electron chi connectivity index (χ2n) is 11.6. The number of rotatable bonds is 3. The van der Waals surface area contributed by atoms with Crippen LogP contribution in [0.15, 0.2) is 48.7 Å². The summed E-state index contributed by atoms with van der Waals surface area (Å²) in [4.78, 5) is 12.2. The van der Waals surface area contributed by atoms with Crippen LogP contribution in [-0.4, -0.2) is 41.9 Å². The molecule has 3 aliphatic rings. The Hall–Kier alpha value is -3.36. The third-order valence-electron chi connectivity index (χ3n) is 9.58. The minimum atomic E-state index is -0.887. The first-order valence-electron chi connectivity index (χ1n) is 13.4. The highest BCUT2D eigenvalue weighted by molar-refractivity contribution is 5.94. The van der Waals surface area contributed by atoms with Crippen molar-refractivity contribution in [2.45, 2.75) is 57.2 Å². The van der Waals surface area contributed by atoms with E-state index in [2.05, 4.69) is 27.9 Å². The number of nitrogens with zero attached hydrogens (tertiary/aromatic N) is 4. The summed E-state index contributed by atoms with van der Waals surface area (Å²) >= 11 is 0. The van der Waals surface area contributed by atoms with Gasteiger partial charge in [-0.2, -0.15) is 14.4 Å². The Labute approximate surface area is 220 Å². The van der Waals surface area contributed by atoms with Crippen molar-refractivity contribution in [2.24, 2.45) is 24.3 Å². The van der Waals surface area contributed by atoms with E-state index in [9.17, 15) is 14.6 Å². The van der Waals surface area contributed by atoms with Crippen molar-refractivity contribution in [3.05, 3.63) is 65.9 Å². The molecule has 0 saturated heterocycles. The van der Waals surface area contributed by atoms with Crippen LogP contribution in [0.25, 0.3) is 22.3 Å². The fourth-order valence-electron chi connectivity index (χ4n) is 7.77. The zero-order chi connectivity index (χ0) is 26.2. The van der Waals surface area contributed by atoms with Crippen molar-refractivity contribution in [1.29, 1.82) is 0 Å². The molecule has 0 aliphatic heterocycles. The maximum absolute atomic E-state index is 14.5. The zero-order valence-corrected chi connectivity index (χ0v) is 21.5. The van der Waals surface area contributed by atoms with Gasteiger partial charge in [-0.25, -0.2) is 0 Å². The third-order valence-corrected chi connectivity index (χ3v) is 9.58. The van der Waals surface area contributed by atoms with Gasteiger partial charge in [-0.1, -0.05) is 37.3 Å². The summed E-state index contributed by atoms with van der Waals surface area (Å²) in [6.07, 6.45) is 4.33. The number of ether oxygens (including phenoxy) is 1. The molecule has 2 fully saturated rings. The molecular weight excluding hydrogens is 483 g/mol. The van der Waals surface area contributed by atoms with Crippen LogP contribution < -0.4 is 4.74 Å². The molecule has 2 N–H and O–H groups in total. The van der Waals surface area contributed by atoms with E-state index in [1.165, 1.54) is 11.1 Å². The molecular formula is C30H31FN4O3. The van der Waals surface area contributed by atoms with Crippen LogP contribution in [0, 0.1) is 23.3 Å². The summed E-state index contributed by atoms with van der Waals surface area (Å²) in [6.45, 7) is 2.15. The van der Waals surface area contributed by atoms with Crippen LogP contribution >= 0.6 is 0 Å². The van der Waals surface area contributed by atoms with E-state index in [0.717, 1.165) is 36.5 Å². The molecule has 3 aliphatic carbocycles. The predicted octanol–water partition coefficient (Wildman–Crippen LogP) is 5.15. The highest BCUT2D eigenvalue weighted by atomic mass is 19.1. The molecule has 0 spiro atoms. The summed E-state index contributed by atoms with van der Waals surface area (Å²) in [6, 6.07) is 13.8. The molecule has 38 heavy (non-hydrogen) atoms. The maximum atomic E-state index is 14.5. The van der Waals surface area contributed by atoms with Crippen LogP contribution in [-0.2, 0) is 13.5 Å². The van der Waals surface area contributed by atoms with E-state index in [4.69, 9.17) is 4.74 Å². The lowest BCUT2D eigenvalue weighted by Gasteiger charge is -2.49. The van der Waals surface area contributed by atoms with Gasteiger partial charge in [0.1, 0.15) is 5.75 Å². The molecule has 2 saturated carbocycles. The molecule has 2 heterocycles. The number of hydrogen-bond acceptors (Lipinski definition) is 6. The fourth-order valence-corrected chi connectivity index (χ4v) is 7.77. The van der Waals surface area contributed by atoms with Crippen LogP contribution in [0.2, 0.25) is 0 Å². The van der Waals surface area contributed by atoms with Gasteiger partial charge < -0.3 is 19.5 Å². The molecule has 0 bridgehead atoms. The Bertz CT molecular complexity index is 1550. The number of halogens is 1. The number of fused-ring (bicyclic) bond motifs is 6. The minimum absolute atomic E-state index is 0.0752. The van der Waals surface area contributed by atoms with E-state index in [0.29, 0.717) is 35.6 Å². The molecule has 7 rings (SSSR count). The van der Waals surface area contributed by atoms with Gasteiger partial charge >= 0.3 is 12.1 Å². The maximum Gasteiger partial charge on any atom is 0.328 e. The quantitative estimate of drug-likeness (QED) is 0.393. The monoisotopic (exact) mass is 514 g/mol. The largest absolute Gasteiger partial charge is 0.424 e. The minimum Gasteiger partial charge on any atom is -0.424 e. The number of aliphatic hydroxyl groups is 2. The first-order chi connectivity index (χ1) is 18.3. The van der Waals surface area contributed by atoms with Gasteiger partial charge in [-0.3, -0.25) is 0 Å². The molecule has 0 amide bonds. The number of aryl methyl sites for hydroxylation is 2. The molecule has 6 atom stereocenters. The summed E-state index contributed by atoms with van der Waals surface area (Å²) in [5, 5.41) is 23.0. The topological polar surface area (TPSA) is 93.3 Å². The van der Waals surface area contributed by atoms with Crippen molar-refractivity contribution in [3.63, 3.8) is 0 Å². The third kappa shape index (κ3) is 3.57. The number of hydrogen-bond donors (Lipinski definition) is 2. The number of aromatic nitrogens is 4. The van der Waals surface area contributed by atoms with Crippen molar-refractivity contribution < 1.29 is 19.3 Å². The van der Waals surface area contributed by atoms with Crippen LogP contribution in [0.1, 0.15) is 49.7 Å². The van der Waals surface area contributed by atoms with Gasteiger partial charge in [0.15, 0.2) is 5.82 Å².